The van der Waals surface area contributed by atoms with Crippen LogP contribution in [0.5, 0.6) is 0 Å². The van der Waals surface area contributed by atoms with Gasteiger partial charge >= 0.3 is 0 Å². The van der Waals surface area contributed by atoms with E-state index in [2.05, 4.69) is 9.62 Å². The lowest BCUT2D eigenvalue weighted by atomic mass is 10.1. The topological polar surface area (TPSA) is 62.6 Å². The number of rotatable bonds is 6. The second-order valence-electron chi connectivity index (χ2n) is 6.73. The lowest BCUT2D eigenvalue weighted by Crippen LogP contribution is -2.42. The summed E-state index contributed by atoms with van der Waals surface area (Å²) in [6.07, 6.45) is 1.64. The number of thioether (sulfide) groups is 1. The van der Waals surface area contributed by atoms with E-state index in [9.17, 15) is 8.42 Å². The van der Waals surface area contributed by atoms with Crippen LogP contribution in [0.2, 0.25) is 0 Å². The van der Waals surface area contributed by atoms with Gasteiger partial charge in [0.2, 0.25) is 10.0 Å². The Balaban J connectivity index is 1.81. The molecule has 1 aliphatic rings. The lowest BCUT2D eigenvalue weighted by molar-refractivity contribution is 0.193. The first-order chi connectivity index (χ1) is 12.4. The zero-order valence-electron chi connectivity index (χ0n) is 15.5. The van der Waals surface area contributed by atoms with Gasteiger partial charge in [0.15, 0.2) is 0 Å². The third kappa shape index (κ3) is 4.34. The number of nitrogens with zero attached hydrogens (tertiary/aromatic N) is 1. The Morgan fingerprint density at radius 2 is 1.85 bits per heavy atom. The number of hydrogen-bond donors (Lipinski definition) is 1. The molecule has 1 N–H and O–H groups in total. The fourth-order valence-electron chi connectivity index (χ4n) is 3.27. The van der Waals surface area contributed by atoms with Crippen molar-refractivity contribution in [1.29, 1.82) is 0 Å². The van der Waals surface area contributed by atoms with Crippen LogP contribution in [0.1, 0.15) is 28.5 Å². The molecule has 1 aliphatic heterocycles. The van der Waals surface area contributed by atoms with Gasteiger partial charge in [-0.3, -0.25) is 4.90 Å². The van der Waals surface area contributed by atoms with Crippen LogP contribution in [0, 0.1) is 20.8 Å². The van der Waals surface area contributed by atoms with Crippen LogP contribution in [-0.2, 0) is 10.0 Å². The minimum Gasteiger partial charge on any atom is -0.468 e. The predicted octanol–water partition coefficient (Wildman–Crippen LogP) is 3.27. The normalized spacial score (nSPS) is 17.3. The lowest BCUT2D eigenvalue weighted by Gasteiger charge is -2.33. The van der Waals surface area contributed by atoms with Crippen molar-refractivity contribution in [3.8, 4) is 0 Å². The fraction of sp³-hybridized carbons (Fsp3) is 0.474. The largest absolute Gasteiger partial charge is 0.468 e. The van der Waals surface area contributed by atoms with Gasteiger partial charge in [-0.25, -0.2) is 13.1 Å². The highest BCUT2D eigenvalue weighted by atomic mass is 32.2. The molecule has 7 heteroatoms. The van der Waals surface area contributed by atoms with Crippen molar-refractivity contribution < 1.29 is 12.8 Å². The molecule has 5 nitrogen and oxygen atoms in total. The summed E-state index contributed by atoms with van der Waals surface area (Å²) in [4.78, 5) is 2.65. The van der Waals surface area contributed by atoms with Crippen molar-refractivity contribution in [2.24, 2.45) is 0 Å². The second kappa shape index (κ2) is 8.17. The first-order valence-corrected chi connectivity index (χ1v) is 11.4. The maximum absolute atomic E-state index is 12.9. The summed E-state index contributed by atoms with van der Waals surface area (Å²) in [5.41, 5.74) is 2.84. The molecule has 1 saturated heterocycles. The Morgan fingerprint density at radius 3 is 2.50 bits per heavy atom. The molecular formula is C19H26N2O3S2. The Hall–Kier alpha value is -1.28. The summed E-state index contributed by atoms with van der Waals surface area (Å²) in [5.74, 6) is 2.91. The third-order valence-electron chi connectivity index (χ3n) is 4.91. The molecule has 1 aromatic heterocycles. The Kier molecular flexibility index (Phi) is 6.12. The minimum atomic E-state index is -3.58. The maximum Gasteiger partial charge on any atom is 0.240 e. The van der Waals surface area contributed by atoms with Crippen molar-refractivity contribution >= 4 is 21.8 Å². The number of hydrogen-bond acceptors (Lipinski definition) is 5. The molecule has 1 atom stereocenters. The van der Waals surface area contributed by atoms with Gasteiger partial charge in [-0.2, -0.15) is 11.8 Å². The monoisotopic (exact) mass is 394 g/mol. The number of benzene rings is 1. The van der Waals surface area contributed by atoms with Gasteiger partial charge in [0, 0.05) is 31.1 Å². The van der Waals surface area contributed by atoms with Gasteiger partial charge in [0.25, 0.3) is 0 Å². The summed E-state index contributed by atoms with van der Waals surface area (Å²) in [6.45, 7) is 7.93. The van der Waals surface area contributed by atoms with Crippen LogP contribution in [0.15, 0.2) is 39.8 Å². The molecular weight excluding hydrogens is 368 g/mol. The highest BCUT2D eigenvalue weighted by Gasteiger charge is 2.27. The zero-order chi connectivity index (χ0) is 18.7. The van der Waals surface area contributed by atoms with E-state index in [1.54, 1.807) is 12.3 Å². The first kappa shape index (κ1) is 19.5. The molecule has 0 amide bonds. The van der Waals surface area contributed by atoms with E-state index >= 15 is 0 Å². The van der Waals surface area contributed by atoms with E-state index in [0.717, 1.165) is 47.0 Å². The standard InChI is InChI=1S/C19H26N2O3S2/c1-14-11-16(3)19(12-15(14)2)26(22,23)20-13-17(18-5-4-8-24-18)21-6-9-25-10-7-21/h4-5,8,11-12,17,20H,6-7,9-10,13H2,1-3H3/t17-/m0/s1. The van der Waals surface area contributed by atoms with Gasteiger partial charge in [0.05, 0.1) is 17.2 Å². The number of nitrogens with one attached hydrogen (secondary N) is 1. The minimum absolute atomic E-state index is 0.0903. The molecule has 2 aromatic rings. The zero-order valence-corrected chi connectivity index (χ0v) is 17.1. The highest BCUT2D eigenvalue weighted by molar-refractivity contribution is 7.99. The molecule has 1 fully saturated rings. The summed E-state index contributed by atoms with van der Waals surface area (Å²) in [6, 6.07) is 7.36. The summed E-state index contributed by atoms with van der Waals surface area (Å²) in [7, 11) is -3.58. The van der Waals surface area contributed by atoms with Gasteiger partial charge < -0.3 is 4.42 Å². The summed E-state index contributed by atoms with van der Waals surface area (Å²) in [5, 5.41) is 0. The Morgan fingerprint density at radius 1 is 1.15 bits per heavy atom. The van der Waals surface area contributed by atoms with Crippen molar-refractivity contribution in [2.75, 3.05) is 31.1 Å². The van der Waals surface area contributed by atoms with E-state index in [-0.39, 0.29) is 6.04 Å². The van der Waals surface area contributed by atoms with Crippen LogP contribution in [-0.4, -0.2) is 44.5 Å². The van der Waals surface area contributed by atoms with E-state index in [4.69, 9.17) is 4.42 Å². The summed E-state index contributed by atoms with van der Waals surface area (Å²) < 4.78 is 34.2. The molecule has 0 unspecified atom stereocenters. The third-order valence-corrected chi connectivity index (χ3v) is 7.41. The number of aryl methyl sites for hydroxylation is 3. The van der Waals surface area contributed by atoms with Crippen LogP contribution in [0.3, 0.4) is 0 Å². The first-order valence-electron chi connectivity index (χ1n) is 8.81. The second-order valence-corrected chi connectivity index (χ2v) is 9.69. The Labute approximate surface area is 160 Å². The fourth-order valence-corrected chi connectivity index (χ4v) is 5.55. The van der Waals surface area contributed by atoms with Gasteiger partial charge in [0.1, 0.15) is 5.76 Å². The van der Waals surface area contributed by atoms with E-state index < -0.39 is 10.0 Å². The molecule has 3 rings (SSSR count). The SMILES string of the molecule is Cc1cc(C)c(S(=O)(=O)NC[C@@H](c2ccco2)N2CCSCC2)cc1C. The van der Waals surface area contributed by atoms with E-state index in [1.807, 2.05) is 50.7 Å². The van der Waals surface area contributed by atoms with Crippen LogP contribution >= 0.6 is 11.8 Å². The molecule has 0 saturated carbocycles. The quantitative estimate of drug-likeness (QED) is 0.815. The van der Waals surface area contributed by atoms with Crippen LogP contribution in [0.25, 0.3) is 0 Å². The molecule has 1 aromatic carbocycles. The van der Waals surface area contributed by atoms with Gasteiger partial charge in [-0.1, -0.05) is 6.07 Å². The average Bonchev–Trinajstić information content (AvgIpc) is 3.13. The van der Waals surface area contributed by atoms with Crippen molar-refractivity contribution in [1.82, 2.24) is 9.62 Å². The van der Waals surface area contributed by atoms with Crippen molar-refractivity contribution in [3.63, 3.8) is 0 Å². The smallest absolute Gasteiger partial charge is 0.240 e. The number of furan rings is 1. The highest BCUT2D eigenvalue weighted by Crippen LogP contribution is 2.25. The molecule has 2 heterocycles. The van der Waals surface area contributed by atoms with Gasteiger partial charge in [-0.15, -0.1) is 0 Å². The molecule has 0 aliphatic carbocycles. The van der Waals surface area contributed by atoms with Crippen LogP contribution in [0.4, 0.5) is 0 Å². The van der Waals surface area contributed by atoms with Crippen LogP contribution < -0.4 is 4.72 Å². The molecule has 142 valence electrons. The van der Waals surface area contributed by atoms with Crippen molar-refractivity contribution in [3.05, 3.63) is 53.0 Å². The molecule has 0 bridgehead atoms. The van der Waals surface area contributed by atoms with E-state index in [1.165, 1.54) is 0 Å². The Bertz CT molecular complexity index is 842. The predicted molar refractivity (Wildman–Crippen MR) is 106 cm³/mol. The van der Waals surface area contributed by atoms with E-state index in [0.29, 0.717) is 11.4 Å². The maximum atomic E-state index is 12.9. The average molecular weight is 395 g/mol. The molecule has 26 heavy (non-hydrogen) atoms. The molecule has 0 radical (unpaired) electrons. The van der Waals surface area contributed by atoms with Gasteiger partial charge in [-0.05, 0) is 55.7 Å². The number of sulfonamides is 1. The van der Waals surface area contributed by atoms with Crippen molar-refractivity contribution in [2.45, 2.75) is 31.7 Å². The summed E-state index contributed by atoms with van der Waals surface area (Å²) >= 11 is 1.93. The molecule has 0 spiro atoms.